The molecule has 0 radical (unpaired) electrons. The van der Waals surface area contributed by atoms with Crippen molar-refractivity contribution in [2.75, 3.05) is 23.7 Å². The number of hydrogen-bond donors (Lipinski definition) is 2. The molecule has 0 aliphatic carbocycles. The number of β-amino-alcohol motifs (C(OH)–C–C–N with tert-alkyl or cyclic N) is 1. The SMILES string of the molecule is Nc1cccc(C(O)CN2CCCc3ccccc32)c1. The largest absolute Gasteiger partial charge is 0.399 e. The van der Waals surface area contributed by atoms with E-state index in [0.29, 0.717) is 12.2 Å². The average molecular weight is 268 g/mol. The maximum atomic E-state index is 10.4. The first-order valence-corrected chi connectivity index (χ1v) is 7.10. The van der Waals surface area contributed by atoms with E-state index in [1.807, 2.05) is 24.3 Å². The molecule has 20 heavy (non-hydrogen) atoms. The van der Waals surface area contributed by atoms with Crippen molar-refractivity contribution in [1.82, 2.24) is 0 Å². The molecule has 1 unspecified atom stereocenters. The van der Waals surface area contributed by atoms with Crippen molar-refractivity contribution in [1.29, 1.82) is 0 Å². The predicted molar refractivity (Wildman–Crippen MR) is 82.8 cm³/mol. The lowest BCUT2D eigenvalue weighted by molar-refractivity contribution is 0.183. The second kappa shape index (κ2) is 5.55. The van der Waals surface area contributed by atoms with Gasteiger partial charge in [-0.05, 0) is 42.2 Å². The van der Waals surface area contributed by atoms with Gasteiger partial charge in [-0.2, -0.15) is 0 Å². The fourth-order valence-corrected chi connectivity index (χ4v) is 2.88. The second-order valence-electron chi connectivity index (χ2n) is 5.36. The molecule has 0 saturated heterocycles. The number of anilines is 2. The van der Waals surface area contributed by atoms with Crippen LogP contribution in [-0.4, -0.2) is 18.2 Å². The second-order valence-corrected chi connectivity index (χ2v) is 5.36. The number of hydrogen-bond acceptors (Lipinski definition) is 3. The van der Waals surface area contributed by atoms with Crippen molar-refractivity contribution in [3.05, 3.63) is 59.7 Å². The van der Waals surface area contributed by atoms with Gasteiger partial charge in [0.2, 0.25) is 0 Å². The lowest BCUT2D eigenvalue weighted by Gasteiger charge is -2.33. The minimum Gasteiger partial charge on any atom is -0.399 e. The summed E-state index contributed by atoms with van der Waals surface area (Å²) in [6.07, 6.45) is 1.76. The van der Waals surface area contributed by atoms with Crippen molar-refractivity contribution >= 4 is 11.4 Å². The summed E-state index contributed by atoms with van der Waals surface area (Å²) in [6.45, 7) is 1.61. The molecule has 1 heterocycles. The fourth-order valence-electron chi connectivity index (χ4n) is 2.88. The third kappa shape index (κ3) is 2.63. The van der Waals surface area contributed by atoms with E-state index in [1.165, 1.54) is 11.3 Å². The maximum Gasteiger partial charge on any atom is 0.0965 e. The molecule has 3 rings (SSSR count). The van der Waals surface area contributed by atoms with Crippen molar-refractivity contribution in [3.63, 3.8) is 0 Å². The van der Waals surface area contributed by atoms with E-state index in [2.05, 4.69) is 29.2 Å². The van der Waals surface area contributed by atoms with Crippen LogP contribution in [0.25, 0.3) is 0 Å². The molecule has 0 aromatic heterocycles. The molecular weight excluding hydrogens is 248 g/mol. The molecule has 0 amide bonds. The molecule has 1 aliphatic heterocycles. The van der Waals surface area contributed by atoms with Crippen LogP contribution in [0.3, 0.4) is 0 Å². The Bertz CT molecular complexity index is 597. The summed E-state index contributed by atoms with van der Waals surface area (Å²) in [7, 11) is 0. The van der Waals surface area contributed by atoms with E-state index in [4.69, 9.17) is 5.73 Å². The van der Waals surface area contributed by atoms with Crippen LogP contribution >= 0.6 is 0 Å². The van der Waals surface area contributed by atoms with Gasteiger partial charge in [-0.15, -0.1) is 0 Å². The summed E-state index contributed by atoms with van der Waals surface area (Å²) in [5, 5.41) is 10.4. The van der Waals surface area contributed by atoms with Crippen LogP contribution in [0.1, 0.15) is 23.7 Å². The molecule has 2 aromatic rings. The van der Waals surface area contributed by atoms with Gasteiger partial charge in [0.05, 0.1) is 6.10 Å². The maximum absolute atomic E-state index is 10.4. The van der Waals surface area contributed by atoms with Crippen LogP contribution in [-0.2, 0) is 6.42 Å². The zero-order valence-electron chi connectivity index (χ0n) is 11.5. The van der Waals surface area contributed by atoms with Crippen LogP contribution < -0.4 is 10.6 Å². The Morgan fingerprint density at radius 1 is 1.15 bits per heavy atom. The standard InChI is InChI=1S/C17H20N2O/c18-15-8-3-6-14(11-15)17(20)12-19-10-4-7-13-5-1-2-9-16(13)19/h1-3,5-6,8-9,11,17,20H,4,7,10,12,18H2. The van der Waals surface area contributed by atoms with E-state index >= 15 is 0 Å². The molecule has 0 spiro atoms. The number of para-hydroxylation sites is 1. The van der Waals surface area contributed by atoms with E-state index in [1.54, 1.807) is 0 Å². The van der Waals surface area contributed by atoms with Crippen LogP contribution in [0.2, 0.25) is 0 Å². The van der Waals surface area contributed by atoms with Crippen molar-refractivity contribution in [3.8, 4) is 0 Å². The number of nitrogens with zero attached hydrogens (tertiary/aromatic N) is 1. The summed E-state index contributed by atoms with van der Waals surface area (Å²) >= 11 is 0. The minimum atomic E-state index is -0.510. The van der Waals surface area contributed by atoms with Crippen molar-refractivity contribution in [2.24, 2.45) is 0 Å². The summed E-state index contributed by atoms with van der Waals surface area (Å²) in [6, 6.07) is 16.0. The highest BCUT2D eigenvalue weighted by molar-refractivity contribution is 5.55. The van der Waals surface area contributed by atoms with Gasteiger partial charge in [-0.1, -0.05) is 30.3 Å². The smallest absolute Gasteiger partial charge is 0.0965 e. The fraction of sp³-hybridized carbons (Fsp3) is 0.294. The molecule has 3 nitrogen and oxygen atoms in total. The van der Waals surface area contributed by atoms with Gasteiger partial charge in [-0.3, -0.25) is 0 Å². The van der Waals surface area contributed by atoms with Gasteiger partial charge in [-0.25, -0.2) is 0 Å². The van der Waals surface area contributed by atoms with Crippen molar-refractivity contribution < 1.29 is 5.11 Å². The van der Waals surface area contributed by atoms with Crippen LogP contribution in [0, 0.1) is 0 Å². The third-order valence-electron chi connectivity index (χ3n) is 3.90. The molecular formula is C17H20N2O. The number of fused-ring (bicyclic) bond motifs is 1. The quantitative estimate of drug-likeness (QED) is 0.842. The molecule has 1 atom stereocenters. The minimum absolute atomic E-state index is 0.510. The summed E-state index contributed by atoms with van der Waals surface area (Å²) in [5.41, 5.74) is 9.98. The monoisotopic (exact) mass is 268 g/mol. The Morgan fingerprint density at radius 2 is 2.00 bits per heavy atom. The van der Waals surface area contributed by atoms with Crippen LogP contribution in [0.4, 0.5) is 11.4 Å². The Balaban J connectivity index is 1.79. The topological polar surface area (TPSA) is 49.5 Å². The lowest BCUT2D eigenvalue weighted by Crippen LogP contribution is -2.33. The van der Waals surface area contributed by atoms with Gasteiger partial charge >= 0.3 is 0 Å². The summed E-state index contributed by atoms with van der Waals surface area (Å²) < 4.78 is 0. The molecule has 0 bridgehead atoms. The van der Waals surface area contributed by atoms with Crippen molar-refractivity contribution in [2.45, 2.75) is 18.9 Å². The van der Waals surface area contributed by atoms with E-state index in [-0.39, 0.29) is 0 Å². The first-order valence-electron chi connectivity index (χ1n) is 7.10. The Kier molecular flexibility index (Phi) is 3.61. The molecule has 3 heteroatoms. The highest BCUT2D eigenvalue weighted by Crippen LogP contribution is 2.28. The Morgan fingerprint density at radius 3 is 2.85 bits per heavy atom. The lowest BCUT2D eigenvalue weighted by atomic mass is 10.0. The number of nitrogens with two attached hydrogens (primary N) is 1. The van der Waals surface area contributed by atoms with E-state index < -0.39 is 6.10 Å². The Hall–Kier alpha value is -2.00. The van der Waals surface area contributed by atoms with Gasteiger partial charge in [0.25, 0.3) is 0 Å². The van der Waals surface area contributed by atoms with Crippen LogP contribution in [0.5, 0.6) is 0 Å². The van der Waals surface area contributed by atoms with Gasteiger partial charge in [0.15, 0.2) is 0 Å². The zero-order chi connectivity index (χ0) is 13.9. The zero-order valence-corrected chi connectivity index (χ0v) is 11.5. The number of aryl methyl sites for hydroxylation is 1. The molecule has 3 N–H and O–H groups in total. The van der Waals surface area contributed by atoms with E-state index in [0.717, 1.165) is 24.9 Å². The van der Waals surface area contributed by atoms with Gasteiger partial charge in [0, 0.05) is 24.5 Å². The number of rotatable bonds is 3. The Labute approximate surface area is 119 Å². The molecule has 1 aliphatic rings. The van der Waals surface area contributed by atoms with E-state index in [9.17, 15) is 5.11 Å². The number of aliphatic hydroxyl groups excluding tert-OH is 1. The first-order chi connectivity index (χ1) is 9.74. The highest BCUT2D eigenvalue weighted by atomic mass is 16.3. The molecule has 104 valence electrons. The number of aliphatic hydroxyl groups is 1. The predicted octanol–water partition coefficient (Wildman–Crippen LogP) is 2.76. The third-order valence-corrected chi connectivity index (χ3v) is 3.90. The molecule has 0 fully saturated rings. The van der Waals surface area contributed by atoms with Gasteiger partial charge < -0.3 is 15.7 Å². The normalized spacial score (nSPS) is 15.8. The highest BCUT2D eigenvalue weighted by Gasteiger charge is 2.19. The summed E-state index contributed by atoms with van der Waals surface area (Å²) in [4.78, 5) is 2.27. The molecule has 2 aromatic carbocycles. The average Bonchev–Trinajstić information content (AvgIpc) is 2.47. The van der Waals surface area contributed by atoms with Crippen LogP contribution in [0.15, 0.2) is 48.5 Å². The van der Waals surface area contributed by atoms with Gasteiger partial charge in [0.1, 0.15) is 0 Å². The first kappa shape index (κ1) is 13.0. The number of nitrogen functional groups attached to an aromatic ring is 1. The molecule has 0 saturated carbocycles. The summed E-state index contributed by atoms with van der Waals surface area (Å²) in [5.74, 6) is 0. The number of benzene rings is 2.